The van der Waals surface area contributed by atoms with Crippen molar-refractivity contribution in [2.45, 2.75) is 13.0 Å². The average molecular weight is 237 g/mol. The van der Waals surface area contributed by atoms with Crippen molar-refractivity contribution in [2.75, 3.05) is 26.8 Å². The summed E-state index contributed by atoms with van der Waals surface area (Å²) in [5.41, 5.74) is 1.07. The van der Waals surface area contributed by atoms with Crippen molar-refractivity contribution in [1.29, 1.82) is 0 Å². The van der Waals surface area contributed by atoms with Crippen LogP contribution < -0.4 is 10.6 Å². The summed E-state index contributed by atoms with van der Waals surface area (Å²) in [6.45, 7) is 3.36. The van der Waals surface area contributed by atoms with E-state index in [0.717, 1.165) is 5.56 Å². The second kappa shape index (κ2) is 7.76. The summed E-state index contributed by atoms with van der Waals surface area (Å²) in [7, 11) is 1.61. The number of hydrogen-bond donors (Lipinski definition) is 2. The van der Waals surface area contributed by atoms with Crippen LogP contribution in [0.2, 0.25) is 0 Å². The second-order valence-corrected chi connectivity index (χ2v) is 3.73. The molecule has 0 saturated heterocycles. The summed E-state index contributed by atoms with van der Waals surface area (Å²) < 4.78 is 4.84. The molecule has 0 unspecified atom stereocenters. The molecule has 1 amide bonds. The molecule has 94 valence electrons. The molecule has 0 aliphatic heterocycles. The second-order valence-electron chi connectivity index (χ2n) is 3.73. The van der Waals surface area contributed by atoms with E-state index >= 15 is 0 Å². The van der Waals surface area contributed by atoms with Gasteiger partial charge in [0.05, 0.1) is 13.2 Å². The van der Waals surface area contributed by atoms with Crippen LogP contribution in [-0.2, 0) is 9.53 Å². The van der Waals surface area contributed by atoms with Crippen molar-refractivity contribution in [2.24, 2.45) is 0 Å². The van der Waals surface area contributed by atoms with E-state index in [-0.39, 0.29) is 11.9 Å². The van der Waals surface area contributed by atoms with Crippen LogP contribution >= 0.6 is 0 Å². The zero-order chi connectivity index (χ0) is 12.5. The van der Waals surface area contributed by atoms with E-state index in [1.165, 1.54) is 0 Å². The van der Waals surface area contributed by atoms with Gasteiger partial charge in [0.2, 0.25) is 5.91 Å². The molecular weight excluding hydrogens is 218 g/mol. The van der Waals surface area contributed by atoms with E-state index < -0.39 is 0 Å². The minimum Gasteiger partial charge on any atom is -0.383 e. The highest BCUT2D eigenvalue weighted by molar-refractivity contribution is 5.78. The molecular formula is C12H19N3O2. The summed E-state index contributed by atoms with van der Waals surface area (Å²) in [6, 6.07) is 3.97. The Morgan fingerprint density at radius 3 is 3.06 bits per heavy atom. The molecule has 0 aromatic carbocycles. The van der Waals surface area contributed by atoms with Gasteiger partial charge < -0.3 is 15.4 Å². The van der Waals surface area contributed by atoms with Gasteiger partial charge in [0, 0.05) is 32.1 Å². The van der Waals surface area contributed by atoms with Crippen molar-refractivity contribution < 1.29 is 9.53 Å². The number of ether oxygens (including phenoxy) is 1. The smallest absolute Gasteiger partial charge is 0.234 e. The Hall–Kier alpha value is -1.46. The number of hydrogen-bond acceptors (Lipinski definition) is 4. The molecule has 0 bridgehead atoms. The molecule has 0 aliphatic carbocycles. The van der Waals surface area contributed by atoms with Crippen molar-refractivity contribution >= 4 is 5.91 Å². The van der Waals surface area contributed by atoms with Gasteiger partial charge in [-0.1, -0.05) is 6.07 Å². The lowest BCUT2D eigenvalue weighted by atomic mass is 10.1. The fourth-order valence-corrected chi connectivity index (χ4v) is 1.35. The summed E-state index contributed by atoms with van der Waals surface area (Å²) >= 11 is 0. The first-order chi connectivity index (χ1) is 8.24. The average Bonchev–Trinajstić information content (AvgIpc) is 2.37. The highest BCUT2D eigenvalue weighted by Gasteiger charge is 2.06. The van der Waals surface area contributed by atoms with Crippen LogP contribution in [-0.4, -0.2) is 37.7 Å². The van der Waals surface area contributed by atoms with Gasteiger partial charge in [0.25, 0.3) is 0 Å². The molecule has 2 N–H and O–H groups in total. The summed E-state index contributed by atoms with van der Waals surface area (Å²) in [5.74, 6) is -0.0298. The van der Waals surface area contributed by atoms with Gasteiger partial charge in [-0.2, -0.15) is 0 Å². The molecule has 17 heavy (non-hydrogen) atoms. The molecule has 1 aromatic rings. The zero-order valence-corrected chi connectivity index (χ0v) is 10.3. The van der Waals surface area contributed by atoms with Crippen molar-refractivity contribution in [3.05, 3.63) is 30.1 Å². The van der Waals surface area contributed by atoms with Gasteiger partial charge in [0.15, 0.2) is 0 Å². The molecule has 1 heterocycles. The van der Waals surface area contributed by atoms with Crippen LogP contribution in [0.25, 0.3) is 0 Å². The third kappa shape index (κ3) is 5.42. The van der Waals surface area contributed by atoms with Crippen molar-refractivity contribution in [1.82, 2.24) is 15.6 Å². The molecule has 0 radical (unpaired) electrons. The van der Waals surface area contributed by atoms with Crippen LogP contribution in [0.4, 0.5) is 0 Å². The third-order valence-corrected chi connectivity index (χ3v) is 2.38. The maximum Gasteiger partial charge on any atom is 0.234 e. The quantitative estimate of drug-likeness (QED) is 0.678. The SMILES string of the molecule is COCCNC(=O)CN[C@H](C)c1cccnc1. The minimum atomic E-state index is -0.0298. The highest BCUT2D eigenvalue weighted by Crippen LogP contribution is 2.08. The first-order valence-corrected chi connectivity index (χ1v) is 5.63. The highest BCUT2D eigenvalue weighted by atomic mass is 16.5. The van der Waals surface area contributed by atoms with Crippen LogP contribution in [0.15, 0.2) is 24.5 Å². The monoisotopic (exact) mass is 237 g/mol. The summed E-state index contributed by atoms with van der Waals surface area (Å²) in [4.78, 5) is 15.4. The van der Waals surface area contributed by atoms with E-state index in [4.69, 9.17) is 4.74 Å². The fourth-order valence-electron chi connectivity index (χ4n) is 1.35. The molecule has 1 rings (SSSR count). The molecule has 0 spiro atoms. The maximum atomic E-state index is 11.4. The largest absolute Gasteiger partial charge is 0.383 e. The number of carbonyl (C=O) groups is 1. The fraction of sp³-hybridized carbons (Fsp3) is 0.500. The number of aromatic nitrogens is 1. The van der Waals surface area contributed by atoms with Crippen LogP contribution in [0, 0.1) is 0 Å². The first-order valence-electron chi connectivity index (χ1n) is 5.63. The molecule has 0 saturated carbocycles. The van der Waals surface area contributed by atoms with Gasteiger partial charge in [0.1, 0.15) is 0 Å². The lowest BCUT2D eigenvalue weighted by Gasteiger charge is -2.13. The zero-order valence-electron chi connectivity index (χ0n) is 10.3. The third-order valence-electron chi connectivity index (χ3n) is 2.38. The van der Waals surface area contributed by atoms with Crippen molar-refractivity contribution in [3.63, 3.8) is 0 Å². The molecule has 0 aliphatic rings. The number of amides is 1. The van der Waals surface area contributed by atoms with E-state index in [0.29, 0.717) is 19.7 Å². The summed E-state index contributed by atoms with van der Waals surface area (Å²) in [5, 5.41) is 5.88. The maximum absolute atomic E-state index is 11.4. The molecule has 1 aromatic heterocycles. The number of methoxy groups -OCH3 is 1. The lowest BCUT2D eigenvalue weighted by molar-refractivity contribution is -0.120. The minimum absolute atomic E-state index is 0.0298. The molecule has 1 atom stereocenters. The predicted molar refractivity (Wildman–Crippen MR) is 65.5 cm³/mol. The first kappa shape index (κ1) is 13.6. The Bertz CT molecular complexity index is 330. The topological polar surface area (TPSA) is 63.2 Å². The number of nitrogens with one attached hydrogen (secondary N) is 2. The lowest BCUT2D eigenvalue weighted by Crippen LogP contribution is -2.36. The Labute approximate surface area is 102 Å². The number of nitrogens with zero attached hydrogens (tertiary/aromatic N) is 1. The molecule has 0 fully saturated rings. The van der Waals surface area contributed by atoms with E-state index in [1.807, 2.05) is 19.1 Å². The van der Waals surface area contributed by atoms with Crippen LogP contribution in [0.1, 0.15) is 18.5 Å². The predicted octanol–water partition coefficient (Wildman–Crippen LogP) is 0.495. The van der Waals surface area contributed by atoms with Gasteiger partial charge in [-0.15, -0.1) is 0 Å². The van der Waals surface area contributed by atoms with Crippen molar-refractivity contribution in [3.8, 4) is 0 Å². The molecule has 5 heteroatoms. The Morgan fingerprint density at radius 2 is 2.41 bits per heavy atom. The van der Waals surface area contributed by atoms with E-state index in [1.54, 1.807) is 19.5 Å². The van der Waals surface area contributed by atoms with Gasteiger partial charge in [-0.25, -0.2) is 0 Å². The Balaban J connectivity index is 2.24. The number of carbonyl (C=O) groups excluding carboxylic acids is 1. The van der Waals surface area contributed by atoms with Gasteiger partial charge in [-0.3, -0.25) is 9.78 Å². The Morgan fingerprint density at radius 1 is 1.59 bits per heavy atom. The van der Waals surface area contributed by atoms with E-state index in [9.17, 15) is 4.79 Å². The van der Waals surface area contributed by atoms with Crippen LogP contribution in [0.3, 0.4) is 0 Å². The normalized spacial score (nSPS) is 12.1. The van der Waals surface area contributed by atoms with E-state index in [2.05, 4.69) is 15.6 Å². The van der Waals surface area contributed by atoms with Gasteiger partial charge >= 0.3 is 0 Å². The van der Waals surface area contributed by atoms with Crippen LogP contribution in [0.5, 0.6) is 0 Å². The molecule has 5 nitrogen and oxygen atoms in total. The number of rotatable bonds is 7. The number of pyridine rings is 1. The standard InChI is InChI=1S/C12H19N3O2/c1-10(11-4-3-5-13-8-11)15-9-12(16)14-6-7-17-2/h3-5,8,10,15H,6-7,9H2,1-2H3,(H,14,16)/t10-/m1/s1. The Kier molecular flexibility index (Phi) is 6.21. The summed E-state index contributed by atoms with van der Waals surface area (Å²) in [6.07, 6.45) is 3.52. The van der Waals surface area contributed by atoms with Gasteiger partial charge in [-0.05, 0) is 18.6 Å².